The SMILES string of the molecule is O=S1(=O)CCC(COc2ccccn2)C12CN(Cc1cccnc1)C2. The summed E-state index contributed by atoms with van der Waals surface area (Å²) in [5.74, 6) is 0.822. The number of likely N-dealkylation sites (tertiary alicyclic amines) is 1. The van der Waals surface area contributed by atoms with E-state index >= 15 is 0 Å². The monoisotopic (exact) mass is 359 g/mol. The van der Waals surface area contributed by atoms with Crippen LogP contribution in [0, 0.1) is 5.92 Å². The topological polar surface area (TPSA) is 72.4 Å². The lowest BCUT2D eigenvalue weighted by Crippen LogP contribution is -2.67. The van der Waals surface area contributed by atoms with Gasteiger partial charge in [-0.05, 0) is 24.1 Å². The molecule has 0 saturated carbocycles. The summed E-state index contributed by atoms with van der Waals surface area (Å²) in [6.45, 7) is 2.27. The summed E-state index contributed by atoms with van der Waals surface area (Å²) in [6.07, 6.45) is 5.91. The van der Waals surface area contributed by atoms with Gasteiger partial charge in [0.1, 0.15) is 4.75 Å². The zero-order chi connectivity index (χ0) is 17.3. The van der Waals surface area contributed by atoms with E-state index in [1.54, 1.807) is 18.5 Å². The average molecular weight is 359 g/mol. The molecule has 2 saturated heterocycles. The molecular weight excluding hydrogens is 338 g/mol. The lowest BCUT2D eigenvalue weighted by Gasteiger charge is -2.49. The van der Waals surface area contributed by atoms with Crippen LogP contribution in [-0.2, 0) is 16.4 Å². The summed E-state index contributed by atoms with van der Waals surface area (Å²) in [5.41, 5.74) is 1.11. The molecular formula is C18H21N3O3S. The van der Waals surface area contributed by atoms with Gasteiger partial charge >= 0.3 is 0 Å². The van der Waals surface area contributed by atoms with Gasteiger partial charge in [-0.3, -0.25) is 9.88 Å². The fraction of sp³-hybridized carbons (Fsp3) is 0.444. The Labute approximate surface area is 147 Å². The maximum absolute atomic E-state index is 12.7. The molecule has 132 valence electrons. The van der Waals surface area contributed by atoms with E-state index < -0.39 is 14.6 Å². The first-order chi connectivity index (χ1) is 12.1. The van der Waals surface area contributed by atoms with Crippen molar-refractivity contribution in [2.75, 3.05) is 25.4 Å². The van der Waals surface area contributed by atoms with Crippen LogP contribution in [0.2, 0.25) is 0 Å². The van der Waals surface area contributed by atoms with Crippen LogP contribution in [0.4, 0.5) is 0 Å². The van der Waals surface area contributed by atoms with Crippen molar-refractivity contribution >= 4 is 9.84 Å². The highest BCUT2D eigenvalue weighted by Gasteiger charge is 2.61. The first kappa shape index (κ1) is 16.5. The third-order valence-electron chi connectivity index (χ3n) is 5.28. The minimum Gasteiger partial charge on any atom is -0.477 e. The van der Waals surface area contributed by atoms with Gasteiger partial charge in [-0.15, -0.1) is 0 Å². The molecule has 0 aliphatic carbocycles. The van der Waals surface area contributed by atoms with E-state index in [4.69, 9.17) is 4.74 Å². The van der Waals surface area contributed by atoms with Crippen molar-refractivity contribution in [1.82, 2.24) is 14.9 Å². The number of aromatic nitrogens is 2. The zero-order valence-corrected chi connectivity index (χ0v) is 14.7. The fourth-order valence-corrected chi connectivity index (χ4v) is 6.35. The molecule has 6 nitrogen and oxygen atoms in total. The smallest absolute Gasteiger partial charge is 0.213 e. The van der Waals surface area contributed by atoms with Crippen molar-refractivity contribution < 1.29 is 13.2 Å². The Morgan fingerprint density at radius 2 is 2.08 bits per heavy atom. The van der Waals surface area contributed by atoms with Gasteiger partial charge in [0.15, 0.2) is 9.84 Å². The van der Waals surface area contributed by atoms with Crippen molar-refractivity contribution in [3.05, 3.63) is 54.5 Å². The highest BCUT2D eigenvalue weighted by atomic mass is 32.2. The Morgan fingerprint density at radius 1 is 1.20 bits per heavy atom. The second-order valence-corrected chi connectivity index (χ2v) is 9.31. The third-order valence-corrected chi connectivity index (χ3v) is 7.88. The van der Waals surface area contributed by atoms with Crippen molar-refractivity contribution in [1.29, 1.82) is 0 Å². The summed E-state index contributed by atoms with van der Waals surface area (Å²) < 4.78 is 30.5. The normalized spacial score (nSPS) is 24.1. The molecule has 1 spiro atoms. The Balaban J connectivity index is 1.43. The molecule has 25 heavy (non-hydrogen) atoms. The predicted octanol–water partition coefficient (Wildman–Crippen LogP) is 1.54. The second kappa shape index (κ2) is 6.38. The lowest BCUT2D eigenvalue weighted by molar-refractivity contribution is 0.0581. The van der Waals surface area contributed by atoms with Crippen LogP contribution in [-0.4, -0.2) is 53.5 Å². The van der Waals surface area contributed by atoms with Gasteiger partial charge in [0, 0.05) is 50.2 Å². The van der Waals surface area contributed by atoms with Crippen molar-refractivity contribution in [3.63, 3.8) is 0 Å². The number of ether oxygens (including phenoxy) is 1. The van der Waals surface area contributed by atoms with E-state index in [0.29, 0.717) is 32.0 Å². The van der Waals surface area contributed by atoms with Gasteiger partial charge in [0.2, 0.25) is 5.88 Å². The van der Waals surface area contributed by atoms with E-state index in [0.717, 1.165) is 12.1 Å². The van der Waals surface area contributed by atoms with E-state index in [-0.39, 0.29) is 11.7 Å². The summed E-state index contributed by atoms with van der Waals surface area (Å²) in [5, 5.41) is 0. The third kappa shape index (κ3) is 3.02. The number of nitrogens with zero attached hydrogens (tertiary/aromatic N) is 3. The van der Waals surface area contributed by atoms with Crippen LogP contribution < -0.4 is 4.74 Å². The Kier molecular flexibility index (Phi) is 4.21. The maximum atomic E-state index is 12.7. The molecule has 0 aromatic carbocycles. The first-order valence-electron chi connectivity index (χ1n) is 8.46. The van der Waals surface area contributed by atoms with Crippen LogP contribution in [0.5, 0.6) is 5.88 Å². The molecule has 4 rings (SSSR count). The zero-order valence-electron chi connectivity index (χ0n) is 13.9. The van der Waals surface area contributed by atoms with Gasteiger partial charge < -0.3 is 4.74 Å². The van der Waals surface area contributed by atoms with Gasteiger partial charge in [0.25, 0.3) is 0 Å². The van der Waals surface area contributed by atoms with Gasteiger partial charge in [-0.2, -0.15) is 0 Å². The average Bonchev–Trinajstić information content (AvgIpc) is 2.86. The molecule has 0 bridgehead atoms. The first-order valence-corrected chi connectivity index (χ1v) is 10.1. The van der Waals surface area contributed by atoms with Gasteiger partial charge in [-0.25, -0.2) is 13.4 Å². The standard InChI is InChI=1S/C18H21N3O3S/c22-25(23)9-6-16(12-24-17-5-1-2-8-20-17)18(25)13-21(14-18)11-15-4-3-7-19-10-15/h1-5,7-8,10,16H,6,9,11-14H2. The van der Waals surface area contributed by atoms with Crippen molar-refractivity contribution in [2.24, 2.45) is 5.92 Å². The summed E-state index contributed by atoms with van der Waals surface area (Å²) in [6, 6.07) is 9.41. The van der Waals surface area contributed by atoms with Crippen LogP contribution in [0.3, 0.4) is 0 Å². The van der Waals surface area contributed by atoms with Gasteiger partial charge in [-0.1, -0.05) is 12.1 Å². The van der Waals surface area contributed by atoms with Crippen LogP contribution >= 0.6 is 0 Å². The highest BCUT2D eigenvalue weighted by Crippen LogP contribution is 2.45. The van der Waals surface area contributed by atoms with Crippen molar-refractivity contribution in [3.8, 4) is 5.88 Å². The largest absolute Gasteiger partial charge is 0.477 e. The summed E-state index contributed by atoms with van der Waals surface area (Å²) in [7, 11) is -3.09. The summed E-state index contributed by atoms with van der Waals surface area (Å²) >= 11 is 0. The molecule has 1 atom stereocenters. The van der Waals surface area contributed by atoms with Gasteiger partial charge in [0.05, 0.1) is 12.4 Å². The molecule has 2 aromatic heterocycles. The molecule has 4 heterocycles. The van der Waals surface area contributed by atoms with E-state index in [9.17, 15) is 8.42 Å². The van der Waals surface area contributed by atoms with Crippen LogP contribution in [0.15, 0.2) is 48.9 Å². The molecule has 2 aliphatic heterocycles. The summed E-state index contributed by atoms with van der Waals surface area (Å²) in [4.78, 5) is 10.4. The Morgan fingerprint density at radius 3 is 2.80 bits per heavy atom. The Bertz CT molecular complexity index is 821. The molecule has 1 unspecified atom stereocenters. The minimum atomic E-state index is -3.09. The van der Waals surface area contributed by atoms with Crippen LogP contribution in [0.25, 0.3) is 0 Å². The van der Waals surface area contributed by atoms with Crippen molar-refractivity contribution in [2.45, 2.75) is 17.7 Å². The fourth-order valence-electron chi connectivity index (χ4n) is 3.90. The lowest BCUT2D eigenvalue weighted by atomic mass is 9.83. The molecule has 2 aromatic rings. The van der Waals surface area contributed by atoms with E-state index in [1.807, 2.05) is 30.5 Å². The molecule has 0 N–H and O–H groups in total. The van der Waals surface area contributed by atoms with E-state index in [1.165, 1.54) is 0 Å². The highest BCUT2D eigenvalue weighted by molar-refractivity contribution is 7.93. The van der Waals surface area contributed by atoms with E-state index in [2.05, 4.69) is 14.9 Å². The maximum Gasteiger partial charge on any atom is 0.213 e. The number of hydrogen-bond donors (Lipinski definition) is 0. The number of pyridine rings is 2. The molecule has 0 amide bonds. The number of hydrogen-bond acceptors (Lipinski definition) is 6. The predicted molar refractivity (Wildman–Crippen MR) is 93.9 cm³/mol. The molecule has 2 aliphatic rings. The Hall–Kier alpha value is -1.99. The molecule has 2 fully saturated rings. The minimum absolute atomic E-state index is 0.0182. The molecule has 0 radical (unpaired) electrons. The van der Waals surface area contributed by atoms with Crippen LogP contribution in [0.1, 0.15) is 12.0 Å². The second-order valence-electron chi connectivity index (χ2n) is 6.85. The quantitative estimate of drug-likeness (QED) is 0.806. The number of sulfone groups is 1. The molecule has 7 heteroatoms. The number of rotatable bonds is 5.